The van der Waals surface area contributed by atoms with Crippen LogP contribution in [0.5, 0.6) is 0 Å². The number of thioether (sulfide) groups is 1. The van der Waals surface area contributed by atoms with Crippen LogP contribution in [0.4, 0.5) is 5.82 Å². The second-order valence-electron chi connectivity index (χ2n) is 7.56. The fourth-order valence-corrected chi connectivity index (χ4v) is 4.75. The first-order valence-corrected chi connectivity index (χ1v) is 12.1. The van der Waals surface area contributed by atoms with Crippen LogP contribution in [0.3, 0.4) is 0 Å². The first-order valence-electron chi connectivity index (χ1n) is 11.3. The first kappa shape index (κ1) is 26.0. The van der Waals surface area contributed by atoms with Crippen molar-refractivity contribution < 1.29 is 4.79 Å². The molecule has 0 saturated carbocycles. The molecule has 33 heavy (non-hydrogen) atoms. The number of carbonyl (C=O) groups excluding carboxylic acids is 1. The maximum absolute atomic E-state index is 12.3. The summed E-state index contributed by atoms with van der Waals surface area (Å²) in [5.74, 6) is 0.0760. The first-order chi connectivity index (χ1) is 16.0. The van der Waals surface area contributed by atoms with Gasteiger partial charge in [-0.1, -0.05) is 68.1 Å². The van der Waals surface area contributed by atoms with E-state index in [1.165, 1.54) is 11.8 Å². The molecule has 2 N–H and O–H groups in total. The van der Waals surface area contributed by atoms with E-state index in [1.807, 2.05) is 50.3 Å². The van der Waals surface area contributed by atoms with E-state index in [2.05, 4.69) is 30.0 Å². The molecule has 0 aliphatic carbocycles. The molecule has 6 nitrogen and oxygen atoms in total. The summed E-state index contributed by atoms with van der Waals surface area (Å²) in [6.45, 7) is 7.50. The van der Waals surface area contributed by atoms with Crippen molar-refractivity contribution in [3.05, 3.63) is 64.7 Å². The molecule has 0 aliphatic rings. The third kappa shape index (κ3) is 6.60. The molecule has 0 fully saturated rings. The van der Waals surface area contributed by atoms with Crippen molar-refractivity contribution in [2.24, 2.45) is 5.73 Å². The van der Waals surface area contributed by atoms with Crippen molar-refractivity contribution in [2.45, 2.75) is 56.7 Å². The van der Waals surface area contributed by atoms with Crippen LogP contribution in [0.15, 0.2) is 47.5 Å². The Hall–Kier alpha value is -3.29. The van der Waals surface area contributed by atoms with E-state index in [1.54, 1.807) is 0 Å². The highest BCUT2D eigenvalue weighted by Gasteiger charge is 2.27. The minimum Gasteiger partial charge on any atom is -0.368 e. The van der Waals surface area contributed by atoms with E-state index in [9.17, 15) is 15.3 Å². The lowest BCUT2D eigenvalue weighted by Gasteiger charge is -2.26. The van der Waals surface area contributed by atoms with Gasteiger partial charge in [-0.15, -0.1) is 0 Å². The van der Waals surface area contributed by atoms with E-state index < -0.39 is 11.2 Å². The van der Waals surface area contributed by atoms with Crippen LogP contribution in [0, 0.1) is 22.7 Å². The fraction of sp³-hybridized carbons (Fsp3) is 0.385. The van der Waals surface area contributed by atoms with Gasteiger partial charge in [0.2, 0.25) is 5.91 Å². The molecule has 1 aromatic heterocycles. The Morgan fingerprint density at radius 1 is 1.18 bits per heavy atom. The molecule has 1 heterocycles. The van der Waals surface area contributed by atoms with Gasteiger partial charge in [0.05, 0.1) is 11.1 Å². The predicted molar refractivity (Wildman–Crippen MR) is 134 cm³/mol. The zero-order valence-electron chi connectivity index (χ0n) is 19.5. The number of hydrogen-bond donors (Lipinski definition) is 1. The normalized spacial score (nSPS) is 11.7. The third-order valence-electron chi connectivity index (χ3n) is 5.24. The summed E-state index contributed by atoms with van der Waals surface area (Å²) < 4.78 is 0. The van der Waals surface area contributed by atoms with Gasteiger partial charge in [0.1, 0.15) is 28.2 Å². The van der Waals surface area contributed by atoms with Crippen molar-refractivity contribution in [3.8, 4) is 12.1 Å². The van der Waals surface area contributed by atoms with Gasteiger partial charge in [0.15, 0.2) is 0 Å². The lowest BCUT2D eigenvalue weighted by Crippen LogP contribution is -2.28. The molecule has 0 radical (unpaired) electrons. The third-order valence-corrected chi connectivity index (χ3v) is 6.50. The van der Waals surface area contributed by atoms with Crippen LogP contribution in [0.2, 0.25) is 0 Å². The Morgan fingerprint density at radius 2 is 1.88 bits per heavy atom. The van der Waals surface area contributed by atoms with E-state index in [4.69, 9.17) is 10.7 Å². The number of amides is 1. The maximum atomic E-state index is 12.3. The average molecular weight is 462 g/mol. The molecular weight excluding hydrogens is 430 g/mol. The number of allylic oxidation sites excluding steroid dienone is 2. The SMILES string of the molecule is C/C=C\CCCN(CCC)c1nc(SC(C(N)=O)c2ccccc2)c(C#N)c(CC)c1C#N. The summed E-state index contributed by atoms with van der Waals surface area (Å²) in [5, 5.41) is 19.7. The molecule has 172 valence electrons. The Morgan fingerprint density at radius 3 is 2.42 bits per heavy atom. The summed E-state index contributed by atoms with van der Waals surface area (Å²) >= 11 is 1.18. The zero-order valence-corrected chi connectivity index (χ0v) is 20.4. The monoisotopic (exact) mass is 461 g/mol. The minimum atomic E-state index is -0.689. The summed E-state index contributed by atoms with van der Waals surface area (Å²) in [4.78, 5) is 19.3. The van der Waals surface area contributed by atoms with Gasteiger partial charge in [0.25, 0.3) is 0 Å². The largest absolute Gasteiger partial charge is 0.368 e. The van der Waals surface area contributed by atoms with Gasteiger partial charge >= 0.3 is 0 Å². The van der Waals surface area contributed by atoms with Gasteiger partial charge in [-0.25, -0.2) is 4.98 Å². The smallest absolute Gasteiger partial charge is 0.235 e. The van der Waals surface area contributed by atoms with Gasteiger partial charge in [0, 0.05) is 13.1 Å². The van der Waals surface area contributed by atoms with Crippen molar-refractivity contribution in [3.63, 3.8) is 0 Å². The van der Waals surface area contributed by atoms with E-state index in [0.717, 1.165) is 37.9 Å². The molecule has 2 rings (SSSR count). The van der Waals surface area contributed by atoms with Crippen LogP contribution in [-0.4, -0.2) is 24.0 Å². The predicted octanol–water partition coefficient (Wildman–Crippen LogP) is 5.28. The Balaban J connectivity index is 2.61. The second-order valence-corrected chi connectivity index (χ2v) is 8.65. The molecule has 1 atom stereocenters. The number of carbonyl (C=O) groups is 1. The molecule has 7 heteroatoms. The standard InChI is InChI=1S/C26H31N5OS/c1-4-7-8-12-16-31(15-5-2)25-21(17-27)20(6-3)22(18-28)26(30-25)33-23(24(29)32)19-13-10-9-11-14-19/h4,7,9-11,13-14,23H,5-6,8,12,15-16H2,1-3H3,(H2,29,32)/b7-4-. The van der Waals surface area contributed by atoms with E-state index >= 15 is 0 Å². The van der Waals surface area contributed by atoms with Gasteiger partial charge in [-0.05, 0) is 43.7 Å². The Kier molecular flexibility index (Phi) is 10.5. The summed E-state index contributed by atoms with van der Waals surface area (Å²) in [6, 6.07) is 13.8. The van der Waals surface area contributed by atoms with E-state index in [-0.39, 0.29) is 0 Å². The number of hydrogen-bond acceptors (Lipinski definition) is 6. The number of benzene rings is 1. The van der Waals surface area contributed by atoms with Crippen molar-refractivity contribution in [2.75, 3.05) is 18.0 Å². The lowest BCUT2D eigenvalue weighted by molar-refractivity contribution is -0.117. The number of nitrogens with zero attached hydrogens (tertiary/aromatic N) is 4. The van der Waals surface area contributed by atoms with Crippen LogP contribution < -0.4 is 10.6 Å². The highest BCUT2D eigenvalue weighted by atomic mass is 32.2. The number of nitrogens with two attached hydrogens (primary N) is 1. The Bertz CT molecular complexity index is 1050. The number of unbranched alkanes of at least 4 members (excludes halogenated alkanes) is 1. The maximum Gasteiger partial charge on any atom is 0.235 e. The molecule has 0 saturated heterocycles. The van der Waals surface area contributed by atoms with Gasteiger partial charge < -0.3 is 10.6 Å². The van der Waals surface area contributed by atoms with Crippen LogP contribution in [-0.2, 0) is 11.2 Å². The molecule has 2 aromatic rings. The molecule has 1 unspecified atom stereocenters. The average Bonchev–Trinajstić information content (AvgIpc) is 2.83. The van der Waals surface area contributed by atoms with Crippen molar-refractivity contribution >= 4 is 23.5 Å². The zero-order chi connectivity index (χ0) is 24.2. The number of rotatable bonds is 12. The molecule has 0 aliphatic heterocycles. The molecule has 0 bridgehead atoms. The topological polar surface area (TPSA) is 107 Å². The number of aromatic nitrogens is 1. The summed E-state index contributed by atoms with van der Waals surface area (Å²) in [6.07, 6.45) is 7.43. The molecule has 1 amide bonds. The summed E-state index contributed by atoms with van der Waals surface area (Å²) in [5.41, 5.74) is 7.93. The quantitative estimate of drug-likeness (QED) is 0.262. The van der Waals surface area contributed by atoms with Crippen LogP contribution >= 0.6 is 11.8 Å². The number of primary amides is 1. The van der Waals surface area contributed by atoms with E-state index in [0.29, 0.717) is 34.0 Å². The molecule has 0 spiro atoms. The van der Waals surface area contributed by atoms with Crippen molar-refractivity contribution in [1.82, 2.24) is 4.98 Å². The number of pyridine rings is 1. The summed E-state index contributed by atoms with van der Waals surface area (Å²) in [7, 11) is 0. The fourth-order valence-electron chi connectivity index (χ4n) is 3.69. The lowest BCUT2D eigenvalue weighted by atomic mass is 10.0. The molecule has 1 aromatic carbocycles. The highest BCUT2D eigenvalue weighted by molar-refractivity contribution is 8.00. The van der Waals surface area contributed by atoms with Crippen LogP contribution in [0.1, 0.15) is 67.5 Å². The van der Waals surface area contributed by atoms with Crippen molar-refractivity contribution in [1.29, 1.82) is 10.5 Å². The Labute approximate surface area is 201 Å². The number of anilines is 1. The second kappa shape index (κ2) is 13.3. The number of nitriles is 2. The van der Waals surface area contributed by atoms with Gasteiger partial charge in [-0.3, -0.25) is 4.79 Å². The minimum absolute atomic E-state index is 0.343. The van der Waals surface area contributed by atoms with Crippen LogP contribution in [0.25, 0.3) is 0 Å². The van der Waals surface area contributed by atoms with Gasteiger partial charge in [-0.2, -0.15) is 10.5 Å². The molecular formula is C26H31N5OS. The highest BCUT2D eigenvalue weighted by Crippen LogP contribution is 2.39.